The molecule has 1 aliphatic rings. The third kappa shape index (κ3) is 2.42. The van der Waals surface area contributed by atoms with E-state index in [4.69, 9.17) is 10.2 Å². The molecular weight excluding hydrogens is 200 g/mol. The Morgan fingerprint density at radius 2 is 1.93 bits per heavy atom. The summed E-state index contributed by atoms with van der Waals surface area (Å²) >= 11 is 0. The first kappa shape index (κ1) is 12.3. The van der Waals surface area contributed by atoms with Crippen LogP contribution in [-0.4, -0.2) is 45.7 Å². The van der Waals surface area contributed by atoms with Gasteiger partial charge in [0.2, 0.25) is 0 Å². The second-order valence-corrected chi connectivity index (χ2v) is 4.28. The van der Waals surface area contributed by atoms with Gasteiger partial charge in [-0.05, 0) is 6.92 Å². The van der Waals surface area contributed by atoms with E-state index in [0.717, 1.165) is 0 Å². The van der Waals surface area contributed by atoms with Crippen molar-refractivity contribution in [2.45, 2.75) is 25.4 Å². The van der Waals surface area contributed by atoms with Crippen molar-refractivity contribution < 1.29 is 24.9 Å². The van der Waals surface area contributed by atoms with Gasteiger partial charge in [0.05, 0.1) is 0 Å². The largest absolute Gasteiger partial charge is 0.396 e. The lowest BCUT2D eigenvalue weighted by atomic mass is 9.73. The lowest BCUT2D eigenvalue weighted by Crippen LogP contribution is -2.48. The number of aliphatic hydroxyl groups excluding tert-OH is 2. The van der Waals surface area contributed by atoms with Crippen LogP contribution in [0, 0.1) is 11.8 Å². The van der Waals surface area contributed by atoms with Gasteiger partial charge in [0.15, 0.2) is 5.78 Å². The van der Waals surface area contributed by atoms with Crippen LogP contribution in [0.4, 0.5) is 0 Å². The Bertz CT molecular complexity index is 267. The molecule has 0 aliphatic heterocycles. The predicted octanol–water partition coefficient (Wildman–Crippen LogP) is -1.11. The van der Waals surface area contributed by atoms with Crippen LogP contribution in [0.3, 0.4) is 0 Å². The smallest absolute Gasteiger partial charge is 0.165 e. The van der Waals surface area contributed by atoms with E-state index < -0.39 is 23.2 Å². The standard InChI is InChI=1S/C10H16O5/c1-10(15)3-8(13)7(2-9(10)14)6(4-11)5-12/h6-7,11-12,15H,2-5H2,1H3/t7-,10+/m1/s1. The average molecular weight is 216 g/mol. The summed E-state index contributed by atoms with van der Waals surface area (Å²) in [6.07, 6.45) is -0.329. The Morgan fingerprint density at radius 3 is 2.40 bits per heavy atom. The molecule has 0 amide bonds. The maximum atomic E-state index is 11.6. The minimum Gasteiger partial charge on any atom is -0.396 e. The van der Waals surface area contributed by atoms with Crippen molar-refractivity contribution in [2.75, 3.05) is 13.2 Å². The molecule has 0 radical (unpaired) electrons. The van der Waals surface area contributed by atoms with E-state index in [9.17, 15) is 14.7 Å². The maximum absolute atomic E-state index is 11.6. The molecule has 2 atom stereocenters. The number of hydrogen-bond acceptors (Lipinski definition) is 5. The zero-order valence-corrected chi connectivity index (χ0v) is 8.64. The van der Waals surface area contributed by atoms with Gasteiger partial charge in [-0.2, -0.15) is 0 Å². The number of aliphatic hydroxyl groups is 3. The fraction of sp³-hybridized carbons (Fsp3) is 0.800. The molecule has 0 spiro atoms. The normalized spacial score (nSPS) is 32.5. The molecule has 5 heteroatoms. The molecule has 0 heterocycles. The van der Waals surface area contributed by atoms with Crippen LogP contribution in [0.2, 0.25) is 0 Å². The first-order valence-corrected chi connectivity index (χ1v) is 4.92. The van der Waals surface area contributed by atoms with Gasteiger partial charge in [-0.25, -0.2) is 0 Å². The lowest BCUT2D eigenvalue weighted by molar-refractivity contribution is -0.152. The fourth-order valence-corrected chi connectivity index (χ4v) is 1.84. The molecule has 5 nitrogen and oxygen atoms in total. The molecule has 0 aromatic carbocycles. The molecule has 0 saturated heterocycles. The first-order valence-electron chi connectivity index (χ1n) is 4.92. The van der Waals surface area contributed by atoms with Gasteiger partial charge < -0.3 is 15.3 Å². The maximum Gasteiger partial charge on any atom is 0.165 e. The summed E-state index contributed by atoms with van der Waals surface area (Å²) in [4.78, 5) is 23.0. The van der Waals surface area contributed by atoms with E-state index in [1.165, 1.54) is 6.92 Å². The molecule has 3 N–H and O–H groups in total. The molecule has 86 valence electrons. The van der Waals surface area contributed by atoms with Crippen molar-refractivity contribution in [3.8, 4) is 0 Å². The second kappa shape index (κ2) is 4.38. The molecule has 0 aromatic rings. The summed E-state index contributed by atoms with van der Waals surface area (Å²) in [6, 6.07) is 0. The molecule has 1 aliphatic carbocycles. The van der Waals surface area contributed by atoms with Gasteiger partial charge in [0.25, 0.3) is 0 Å². The molecule has 0 bridgehead atoms. The van der Waals surface area contributed by atoms with E-state index in [2.05, 4.69) is 0 Å². The number of carbonyl (C=O) groups excluding carboxylic acids is 2. The topological polar surface area (TPSA) is 94.8 Å². The monoisotopic (exact) mass is 216 g/mol. The Hall–Kier alpha value is -0.780. The average Bonchev–Trinajstić information content (AvgIpc) is 2.15. The highest BCUT2D eigenvalue weighted by atomic mass is 16.3. The Balaban J connectivity index is 2.79. The van der Waals surface area contributed by atoms with E-state index in [1.807, 2.05) is 0 Å². The van der Waals surface area contributed by atoms with Crippen molar-refractivity contribution in [3.05, 3.63) is 0 Å². The van der Waals surface area contributed by atoms with Gasteiger partial charge in [0, 0.05) is 37.9 Å². The zero-order chi connectivity index (χ0) is 11.6. The van der Waals surface area contributed by atoms with E-state index in [1.54, 1.807) is 0 Å². The summed E-state index contributed by atoms with van der Waals surface area (Å²) < 4.78 is 0. The van der Waals surface area contributed by atoms with Gasteiger partial charge in [-0.3, -0.25) is 9.59 Å². The van der Waals surface area contributed by atoms with Crippen LogP contribution in [0.25, 0.3) is 0 Å². The summed E-state index contributed by atoms with van der Waals surface area (Å²) in [6.45, 7) is 0.654. The van der Waals surface area contributed by atoms with Crippen molar-refractivity contribution in [2.24, 2.45) is 11.8 Å². The number of Topliss-reactive ketones (excluding diaryl/α,β-unsaturated/α-hetero) is 2. The highest BCUT2D eigenvalue weighted by Gasteiger charge is 2.44. The number of hydrogen-bond donors (Lipinski definition) is 3. The molecule has 1 rings (SSSR count). The Labute approximate surface area is 87.7 Å². The molecule has 0 aromatic heterocycles. The molecule has 1 fully saturated rings. The van der Waals surface area contributed by atoms with Crippen molar-refractivity contribution >= 4 is 11.6 Å². The van der Waals surface area contributed by atoms with Crippen molar-refractivity contribution in [1.82, 2.24) is 0 Å². The van der Waals surface area contributed by atoms with E-state index in [-0.39, 0.29) is 31.8 Å². The summed E-state index contributed by atoms with van der Waals surface area (Å²) in [5, 5.41) is 27.4. The van der Waals surface area contributed by atoms with Crippen LogP contribution < -0.4 is 0 Å². The summed E-state index contributed by atoms with van der Waals surface area (Å²) in [7, 11) is 0. The van der Waals surface area contributed by atoms with Crippen LogP contribution >= 0.6 is 0 Å². The highest BCUT2D eigenvalue weighted by molar-refractivity contribution is 6.00. The van der Waals surface area contributed by atoms with Gasteiger partial charge in [-0.15, -0.1) is 0 Å². The van der Waals surface area contributed by atoms with Crippen LogP contribution in [0.5, 0.6) is 0 Å². The zero-order valence-electron chi connectivity index (χ0n) is 8.64. The van der Waals surface area contributed by atoms with Crippen LogP contribution in [0.1, 0.15) is 19.8 Å². The Morgan fingerprint density at radius 1 is 1.40 bits per heavy atom. The van der Waals surface area contributed by atoms with E-state index in [0.29, 0.717) is 0 Å². The molecule has 0 unspecified atom stereocenters. The number of carbonyl (C=O) groups is 2. The molecule has 15 heavy (non-hydrogen) atoms. The second-order valence-electron chi connectivity index (χ2n) is 4.28. The minimum absolute atomic E-state index is 0.0996. The quantitative estimate of drug-likeness (QED) is 0.556. The first-order chi connectivity index (χ1) is 6.92. The Kier molecular flexibility index (Phi) is 3.59. The predicted molar refractivity (Wildman–Crippen MR) is 51.0 cm³/mol. The van der Waals surface area contributed by atoms with Crippen molar-refractivity contribution in [1.29, 1.82) is 0 Å². The molecule has 1 saturated carbocycles. The number of rotatable bonds is 3. The van der Waals surface area contributed by atoms with E-state index >= 15 is 0 Å². The third-order valence-electron chi connectivity index (χ3n) is 2.98. The molecular formula is C10H16O5. The lowest BCUT2D eigenvalue weighted by Gasteiger charge is -2.33. The van der Waals surface area contributed by atoms with Gasteiger partial charge >= 0.3 is 0 Å². The highest BCUT2D eigenvalue weighted by Crippen LogP contribution is 2.30. The third-order valence-corrected chi connectivity index (χ3v) is 2.98. The van der Waals surface area contributed by atoms with Gasteiger partial charge in [-0.1, -0.05) is 0 Å². The summed E-state index contributed by atoms with van der Waals surface area (Å²) in [5.41, 5.74) is -1.58. The fourth-order valence-electron chi connectivity index (χ4n) is 1.84. The minimum atomic E-state index is -1.58. The number of ketones is 2. The summed E-state index contributed by atoms with van der Waals surface area (Å²) in [5.74, 6) is -1.93. The SMILES string of the molecule is C[C@]1(O)CC(=O)[C@@H](C(CO)CO)CC1=O. The van der Waals surface area contributed by atoms with Gasteiger partial charge in [0.1, 0.15) is 11.4 Å². The van der Waals surface area contributed by atoms with Crippen LogP contribution in [0.15, 0.2) is 0 Å². The van der Waals surface area contributed by atoms with Crippen LogP contribution in [-0.2, 0) is 9.59 Å². The van der Waals surface area contributed by atoms with Crippen molar-refractivity contribution in [3.63, 3.8) is 0 Å².